The smallest absolute Gasteiger partial charge is 0.0635 e. The van der Waals surface area contributed by atoms with Crippen LogP contribution >= 0.6 is 0 Å². The third-order valence-electron chi connectivity index (χ3n) is 3.62. The van der Waals surface area contributed by atoms with Crippen LogP contribution in [0.15, 0.2) is 19.0 Å². The van der Waals surface area contributed by atoms with Crippen LogP contribution in [0.4, 0.5) is 0 Å². The van der Waals surface area contributed by atoms with Gasteiger partial charge in [0.15, 0.2) is 0 Å². The van der Waals surface area contributed by atoms with Crippen LogP contribution in [0.25, 0.3) is 6.20 Å². The molecular formula is C14H20N4. The van der Waals surface area contributed by atoms with E-state index in [2.05, 4.69) is 29.6 Å². The highest BCUT2D eigenvalue weighted by atomic mass is 15.3. The van der Waals surface area contributed by atoms with E-state index in [9.17, 15) is 0 Å². The van der Waals surface area contributed by atoms with E-state index in [1.54, 1.807) is 10.9 Å². The Hall–Kier alpha value is -1.60. The zero-order chi connectivity index (χ0) is 13.0. The largest absolute Gasteiger partial charge is 0.295 e. The summed E-state index contributed by atoms with van der Waals surface area (Å²) in [5, 5.41) is 12.9. The summed E-state index contributed by atoms with van der Waals surface area (Å²) in [5.74, 6) is 0.818. The van der Waals surface area contributed by atoms with E-state index in [4.69, 9.17) is 5.26 Å². The topological polar surface area (TPSA) is 44.9 Å². The molecule has 18 heavy (non-hydrogen) atoms. The zero-order valence-corrected chi connectivity index (χ0v) is 10.9. The lowest BCUT2D eigenvalue weighted by Gasteiger charge is -2.27. The molecule has 1 heterocycles. The first kappa shape index (κ1) is 12.8. The SMILES string of the molecule is C=Cn1cc(CN(CCC#N)[C@H](C)C2CC2)cn1. The third-order valence-corrected chi connectivity index (χ3v) is 3.62. The molecule has 2 rings (SSSR count). The molecule has 0 saturated heterocycles. The number of nitrogens with zero attached hydrogens (tertiary/aromatic N) is 4. The molecule has 4 nitrogen and oxygen atoms in total. The molecule has 0 bridgehead atoms. The molecule has 1 aliphatic rings. The predicted molar refractivity (Wildman–Crippen MR) is 71.4 cm³/mol. The third kappa shape index (κ3) is 3.21. The molecule has 96 valence electrons. The predicted octanol–water partition coefficient (Wildman–Crippen LogP) is 2.50. The van der Waals surface area contributed by atoms with Gasteiger partial charge in [0.2, 0.25) is 0 Å². The van der Waals surface area contributed by atoms with Crippen LogP contribution in [0.3, 0.4) is 0 Å². The van der Waals surface area contributed by atoms with Crippen molar-refractivity contribution in [1.29, 1.82) is 5.26 Å². The van der Waals surface area contributed by atoms with Crippen molar-refractivity contribution in [1.82, 2.24) is 14.7 Å². The number of hydrogen-bond acceptors (Lipinski definition) is 3. The second-order valence-electron chi connectivity index (χ2n) is 4.97. The molecule has 4 heteroatoms. The molecule has 0 N–H and O–H groups in total. The van der Waals surface area contributed by atoms with Gasteiger partial charge in [-0.3, -0.25) is 4.90 Å². The maximum absolute atomic E-state index is 8.75. The molecule has 1 atom stereocenters. The highest BCUT2D eigenvalue weighted by Crippen LogP contribution is 2.35. The van der Waals surface area contributed by atoms with Gasteiger partial charge >= 0.3 is 0 Å². The fourth-order valence-corrected chi connectivity index (χ4v) is 2.29. The van der Waals surface area contributed by atoms with Gasteiger partial charge in [-0.1, -0.05) is 6.58 Å². The molecule has 0 amide bonds. The van der Waals surface area contributed by atoms with Crippen molar-refractivity contribution < 1.29 is 0 Å². The average Bonchev–Trinajstić information content (AvgIpc) is 3.14. The standard InChI is InChI=1S/C14H20N4/c1-3-18-11-13(9-16-18)10-17(8-4-7-15)12(2)14-5-6-14/h3,9,11-12,14H,1,4-6,8,10H2,2H3/t12-/m1/s1. The average molecular weight is 244 g/mol. The minimum absolute atomic E-state index is 0.561. The summed E-state index contributed by atoms with van der Waals surface area (Å²) in [6.07, 6.45) is 8.80. The number of nitriles is 1. The minimum Gasteiger partial charge on any atom is -0.295 e. The second-order valence-corrected chi connectivity index (χ2v) is 4.97. The summed E-state index contributed by atoms with van der Waals surface area (Å²) in [6, 6.07) is 2.80. The molecule has 0 aromatic carbocycles. The molecule has 1 aromatic rings. The van der Waals surface area contributed by atoms with Crippen LogP contribution in [0.5, 0.6) is 0 Å². The Morgan fingerprint density at radius 1 is 1.72 bits per heavy atom. The minimum atomic E-state index is 0.561. The van der Waals surface area contributed by atoms with Crippen LogP contribution in [-0.2, 0) is 6.54 Å². The number of rotatable bonds is 7. The summed E-state index contributed by atoms with van der Waals surface area (Å²) in [6.45, 7) is 7.67. The van der Waals surface area contributed by atoms with E-state index >= 15 is 0 Å². The van der Waals surface area contributed by atoms with Crippen molar-refractivity contribution in [2.75, 3.05) is 6.54 Å². The van der Waals surface area contributed by atoms with Crippen molar-refractivity contribution in [3.63, 3.8) is 0 Å². The Morgan fingerprint density at radius 2 is 2.50 bits per heavy atom. The summed E-state index contributed by atoms with van der Waals surface area (Å²) in [4.78, 5) is 2.39. The molecule has 0 spiro atoms. The van der Waals surface area contributed by atoms with E-state index in [0.717, 1.165) is 19.0 Å². The molecule has 1 saturated carbocycles. The highest BCUT2D eigenvalue weighted by Gasteiger charge is 2.31. The van der Waals surface area contributed by atoms with Crippen LogP contribution < -0.4 is 0 Å². The van der Waals surface area contributed by atoms with E-state index < -0.39 is 0 Å². The summed E-state index contributed by atoms with van der Waals surface area (Å²) < 4.78 is 1.72. The Kier molecular flexibility index (Phi) is 4.16. The van der Waals surface area contributed by atoms with Gasteiger partial charge in [-0.15, -0.1) is 0 Å². The van der Waals surface area contributed by atoms with Gasteiger partial charge in [-0.25, -0.2) is 4.68 Å². The lowest BCUT2D eigenvalue weighted by molar-refractivity contribution is 0.185. The van der Waals surface area contributed by atoms with Crippen LogP contribution in [0.2, 0.25) is 0 Å². The van der Waals surface area contributed by atoms with Crippen LogP contribution in [0, 0.1) is 17.2 Å². The van der Waals surface area contributed by atoms with Crippen molar-refractivity contribution in [2.24, 2.45) is 5.92 Å². The molecule has 1 aromatic heterocycles. The van der Waals surface area contributed by atoms with Crippen molar-refractivity contribution in [3.8, 4) is 6.07 Å². The number of hydrogen-bond donors (Lipinski definition) is 0. The molecule has 1 fully saturated rings. The fraction of sp³-hybridized carbons (Fsp3) is 0.571. The molecular weight excluding hydrogens is 224 g/mol. The number of aromatic nitrogens is 2. The van der Waals surface area contributed by atoms with Crippen molar-refractivity contribution in [2.45, 2.75) is 38.8 Å². The second kappa shape index (κ2) is 5.83. The highest BCUT2D eigenvalue weighted by molar-refractivity contribution is 5.17. The fourth-order valence-electron chi connectivity index (χ4n) is 2.29. The van der Waals surface area contributed by atoms with Gasteiger partial charge in [0.05, 0.1) is 12.3 Å². The normalized spacial score (nSPS) is 16.5. The van der Waals surface area contributed by atoms with Gasteiger partial charge in [0, 0.05) is 43.5 Å². The summed E-state index contributed by atoms with van der Waals surface area (Å²) >= 11 is 0. The van der Waals surface area contributed by atoms with Crippen LogP contribution in [-0.4, -0.2) is 27.3 Å². The maximum Gasteiger partial charge on any atom is 0.0635 e. The maximum atomic E-state index is 8.75. The first-order chi connectivity index (χ1) is 8.74. The van der Waals surface area contributed by atoms with E-state index in [1.165, 1.54) is 18.4 Å². The monoisotopic (exact) mass is 244 g/mol. The Labute approximate surface area is 109 Å². The first-order valence-corrected chi connectivity index (χ1v) is 6.51. The first-order valence-electron chi connectivity index (χ1n) is 6.51. The Balaban J connectivity index is 1.99. The summed E-state index contributed by atoms with van der Waals surface area (Å²) in [7, 11) is 0. The lowest BCUT2D eigenvalue weighted by Crippen LogP contribution is -2.34. The van der Waals surface area contributed by atoms with Crippen LogP contribution in [0.1, 0.15) is 31.7 Å². The quantitative estimate of drug-likeness (QED) is 0.740. The zero-order valence-electron chi connectivity index (χ0n) is 10.9. The van der Waals surface area contributed by atoms with Crippen molar-refractivity contribution >= 4 is 6.20 Å². The van der Waals surface area contributed by atoms with Gasteiger partial charge in [0.1, 0.15) is 0 Å². The van der Waals surface area contributed by atoms with Gasteiger partial charge < -0.3 is 0 Å². The van der Waals surface area contributed by atoms with Gasteiger partial charge in [-0.2, -0.15) is 10.4 Å². The van der Waals surface area contributed by atoms with Crippen molar-refractivity contribution in [3.05, 3.63) is 24.5 Å². The molecule has 0 radical (unpaired) electrons. The van der Waals surface area contributed by atoms with E-state index in [0.29, 0.717) is 12.5 Å². The summed E-state index contributed by atoms with van der Waals surface area (Å²) in [5.41, 5.74) is 1.18. The van der Waals surface area contributed by atoms with E-state index in [1.807, 2.05) is 12.4 Å². The molecule has 1 aliphatic carbocycles. The Morgan fingerprint density at radius 3 is 3.06 bits per heavy atom. The molecule has 0 aliphatic heterocycles. The molecule has 0 unspecified atom stereocenters. The van der Waals surface area contributed by atoms with Gasteiger partial charge in [0.25, 0.3) is 0 Å². The lowest BCUT2D eigenvalue weighted by atomic mass is 10.1. The van der Waals surface area contributed by atoms with E-state index in [-0.39, 0.29) is 0 Å². The van der Waals surface area contributed by atoms with Gasteiger partial charge in [-0.05, 0) is 25.7 Å². The Bertz CT molecular complexity index is 439.